The lowest BCUT2D eigenvalue weighted by atomic mass is 10.3. The molecule has 0 aliphatic carbocycles. The zero-order valence-electron chi connectivity index (χ0n) is 8.77. The standard InChI is InChI=1S/C12H10ClFOS2/c13-8-5-6-16-12(8)10(15)7-17-11-4-2-1-3-9(11)14/h1-6,10,15H,7H2. The molecule has 0 aliphatic heterocycles. The summed E-state index contributed by atoms with van der Waals surface area (Å²) in [5.74, 6) is 0.128. The minimum atomic E-state index is -0.660. The first kappa shape index (κ1) is 12.9. The highest BCUT2D eigenvalue weighted by Crippen LogP contribution is 2.33. The van der Waals surface area contributed by atoms with Crippen molar-refractivity contribution in [2.75, 3.05) is 5.75 Å². The Labute approximate surface area is 112 Å². The molecule has 90 valence electrons. The van der Waals surface area contributed by atoms with Gasteiger partial charge >= 0.3 is 0 Å². The van der Waals surface area contributed by atoms with Crippen molar-refractivity contribution in [1.29, 1.82) is 0 Å². The molecule has 1 heterocycles. The molecule has 0 radical (unpaired) electrons. The second-order valence-corrected chi connectivity index (χ2v) is 5.81. The van der Waals surface area contributed by atoms with E-state index in [2.05, 4.69) is 0 Å². The highest BCUT2D eigenvalue weighted by molar-refractivity contribution is 7.99. The van der Waals surface area contributed by atoms with Crippen LogP contribution < -0.4 is 0 Å². The van der Waals surface area contributed by atoms with E-state index in [0.29, 0.717) is 15.7 Å². The van der Waals surface area contributed by atoms with Crippen LogP contribution in [-0.4, -0.2) is 10.9 Å². The first-order valence-corrected chi connectivity index (χ1v) is 7.21. The van der Waals surface area contributed by atoms with E-state index in [9.17, 15) is 9.50 Å². The Balaban J connectivity index is 2.00. The van der Waals surface area contributed by atoms with E-state index in [1.165, 1.54) is 29.2 Å². The molecule has 5 heteroatoms. The van der Waals surface area contributed by atoms with Gasteiger partial charge in [0.1, 0.15) is 5.82 Å². The van der Waals surface area contributed by atoms with Crippen LogP contribution in [0.2, 0.25) is 5.02 Å². The lowest BCUT2D eigenvalue weighted by Crippen LogP contribution is -1.98. The van der Waals surface area contributed by atoms with Crippen LogP contribution in [0.25, 0.3) is 0 Å². The Morgan fingerprint density at radius 3 is 2.76 bits per heavy atom. The van der Waals surface area contributed by atoms with Crippen LogP contribution in [-0.2, 0) is 0 Å². The monoisotopic (exact) mass is 288 g/mol. The minimum Gasteiger partial charge on any atom is -0.387 e. The van der Waals surface area contributed by atoms with Gasteiger partial charge in [0.15, 0.2) is 0 Å². The number of aliphatic hydroxyl groups excluding tert-OH is 1. The maximum absolute atomic E-state index is 13.3. The van der Waals surface area contributed by atoms with Gasteiger partial charge < -0.3 is 5.11 Å². The summed E-state index contributed by atoms with van der Waals surface area (Å²) < 4.78 is 13.3. The van der Waals surface area contributed by atoms with E-state index in [0.717, 1.165) is 4.88 Å². The maximum atomic E-state index is 13.3. The molecule has 1 aromatic heterocycles. The van der Waals surface area contributed by atoms with Gasteiger partial charge in [0.2, 0.25) is 0 Å². The third kappa shape index (κ3) is 3.22. The lowest BCUT2D eigenvalue weighted by Gasteiger charge is -2.09. The third-order valence-corrected chi connectivity index (χ3v) is 4.76. The molecule has 0 aliphatic rings. The van der Waals surface area contributed by atoms with Crippen LogP contribution in [0.5, 0.6) is 0 Å². The van der Waals surface area contributed by atoms with Crippen LogP contribution >= 0.6 is 34.7 Å². The van der Waals surface area contributed by atoms with E-state index in [-0.39, 0.29) is 5.82 Å². The van der Waals surface area contributed by atoms with E-state index in [1.54, 1.807) is 24.3 Å². The quantitative estimate of drug-likeness (QED) is 0.843. The Bertz CT molecular complexity index is 501. The molecule has 2 rings (SSSR count). The molecule has 0 amide bonds. The first-order chi connectivity index (χ1) is 8.18. The zero-order chi connectivity index (χ0) is 12.3. The van der Waals surface area contributed by atoms with Gasteiger partial charge in [-0.1, -0.05) is 23.7 Å². The predicted molar refractivity (Wildman–Crippen MR) is 71.4 cm³/mol. The number of thiophene rings is 1. The van der Waals surface area contributed by atoms with Crippen molar-refractivity contribution in [3.8, 4) is 0 Å². The summed E-state index contributed by atoms with van der Waals surface area (Å²) in [5, 5.41) is 12.3. The predicted octanol–water partition coefficient (Wildman–Crippen LogP) is 4.37. The van der Waals surface area contributed by atoms with Gasteiger partial charge in [0, 0.05) is 10.6 Å². The van der Waals surface area contributed by atoms with Gasteiger partial charge in [-0.15, -0.1) is 23.1 Å². The molecule has 0 spiro atoms. The van der Waals surface area contributed by atoms with Gasteiger partial charge in [-0.2, -0.15) is 0 Å². The SMILES string of the molecule is OC(CSc1ccccc1F)c1sccc1Cl. The summed E-state index contributed by atoms with van der Waals surface area (Å²) in [6.45, 7) is 0. The summed E-state index contributed by atoms with van der Waals surface area (Å²) in [6, 6.07) is 8.27. The molecular formula is C12H10ClFOS2. The third-order valence-electron chi connectivity index (χ3n) is 2.18. The Morgan fingerprint density at radius 2 is 2.12 bits per heavy atom. The molecule has 0 saturated heterocycles. The fourth-order valence-electron chi connectivity index (χ4n) is 1.35. The molecule has 0 bridgehead atoms. The number of halogens is 2. The van der Waals surface area contributed by atoms with Gasteiger partial charge in [-0.05, 0) is 23.6 Å². The fourth-order valence-corrected chi connectivity index (χ4v) is 3.51. The molecule has 0 fully saturated rings. The smallest absolute Gasteiger partial charge is 0.136 e. The Hall–Kier alpha value is -0.550. The van der Waals surface area contributed by atoms with Gasteiger partial charge in [0.05, 0.1) is 16.0 Å². The fraction of sp³-hybridized carbons (Fsp3) is 0.167. The highest BCUT2D eigenvalue weighted by Gasteiger charge is 2.14. The van der Waals surface area contributed by atoms with Crippen LogP contribution in [0.15, 0.2) is 40.6 Å². The Morgan fingerprint density at radius 1 is 1.35 bits per heavy atom. The number of benzene rings is 1. The van der Waals surface area contributed by atoms with Crippen molar-refractivity contribution in [1.82, 2.24) is 0 Å². The minimum absolute atomic E-state index is 0.262. The summed E-state index contributed by atoms with van der Waals surface area (Å²) in [4.78, 5) is 1.27. The molecule has 17 heavy (non-hydrogen) atoms. The van der Waals surface area contributed by atoms with Gasteiger partial charge in [-0.25, -0.2) is 4.39 Å². The largest absolute Gasteiger partial charge is 0.387 e. The number of thioether (sulfide) groups is 1. The second-order valence-electron chi connectivity index (χ2n) is 3.39. The number of aliphatic hydroxyl groups is 1. The molecule has 2 aromatic rings. The van der Waals surface area contributed by atoms with Crippen molar-refractivity contribution in [2.45, 2.75) is 11.0 Å². The van der Waals surface area contributed by atoms with Crippen LogP contribution in [0.1, 0.15) is 11.0 Å². The van der Waals surface area contributed by atoms with Gasteiger partial charge in [-0.3, -0.25) is 0 Å². The second kappa shape index (κ2) is 5.87. The maximum Gasteiger partial charge on any atom is 0.136 e. The highest BCUT2D eigenvalue weighted by atomic mass is 35.5. The topological polar surface area (TPSA) is 20.2 Å². The van der Waals surface area contributed by atoms with Crippen molar-refractivity contribution < 1.29 is 9.50 Å². The average molecular weight is 289 g/mol. The first-order valence-electron chi connectivity index (χ1n) is 4.97. The normalized spacial score (nSPS) is 12.6. The molecule has 0 saturated carbocycles. The van der Waals surface area contributed by atoms with Gasteiger partial charge in [0.25, 0.3) is 0 Å². The van der Waals surface area contributed by atoms with E-state index in [4.69, 9.17) is 11.6 Å². The molecule has 1 N–H and O–H groups in total. The summed E-state index contributed by atoms with van der Waals surface area (Å²) in [5.41, 5.74) is 0. The van der Waals surface area contributed by atoms with E-state index in [1.807, 2.05) is 5.38 Å². The van der Waals surface area contributed by atoms with E-state index < -0.39 is 6.10 Å². The molecule has 1 aromatic carbocycles. The average Bonchev–Trinajstić information content (AvgIpc) is 2.74. The van der Waals surface area contributed by atoms with Crippen molar-refractivity contribution in [3.63, 3.8) is 0 Å². The Kier molecular flexibility index (Phi) is 4.45. The zero-order valence-corrected chi connectivity index (χ0v) is 11.2. The molecule has 1 unspecified atom stereocenters. The summed E-state index contributed by atoms with van der Waals surface area (Å²) >= 11 is 8.61. The van der Waals surface area contributed by atoms with Crippen molar-refractivity contribution in [2.24, 2.45) is 0 Å². The van der Waals surface area contributed by atoms with E-state index >= 15 is 0 Å². The lowest BCUT2D eigenvalue weighted by molar-refractivity contribution is 0.208. The van der Waals surface area contributed by atoms with Crippen LogP contribution in [0.3, 0.4) is 0 Å². The van der Waals surface area contributed by atoms with Crippen LogP contribution in [0.4, 0.5) is 4.39 Å². The number of hydrogen-bond acceptors (Lipinski definition) is 3. The van der Waals surface area contributed by atoms with Crippen LogP contribution in [0, 0.1) is 5.82 Å². The molecule has 1 atom stereocenters. The molecular weight excluding hydrogens is 279 g/mol. The number of hydrogen-bond donors (Lipinski definition) is 1. The van der Waals surface area contributed by atoms with Crippen molar-refractivity contribution >= 4 is 34.7 Å². The summed E-state index contributed by atoms with van der Waals surface area (Å²) in [6.07, 6.45) is -0.660. The summed E-state index contributed by atoms with van der Waals surface area (Å²) in [7, 11) is 0. The van der Waals surface area contributed by atoms with Crippen molar-refractivity contribution in [3.05, 3.63) is 51.4 Å². The molecule has 1 nitrogen and oxygen atoms in total. The number of rotatable bonds is 4.